The Morgan fingerprint density at radius 1 is 0.632 bits per heavy atom. The molecule has 0 aliphatic heterocycles. The zero-order valence-corrected chi connectivity index (χ0v) is 24.2. The highest BCUT2D eigenvalue weighted by atomic mass is 16.1. The van der Waals surface area contributed by atoms with Crippen LogP contribution in [0.25, 0.3) is 0 Å². The van der Waals surface area contributed by atoms with E-state index >= 15 is 0 Å². The summed E-state index contributed by atoms with van der Waals surface area (Å²) in [5, 5.41) is 7.55. The van der Waals surface area contributed by atoms with Crippen LogP contribution in [0.15, 0.2) is 33.9 Å². The van der Waals surface area contributed by atoms with E-state index in [1.54, 1.807) is 12.1 Å². The van der Waals surface area contributed by atoms with Gasteiger partial charge in [0.15, 0.2) is 0 Å². The van der Waals surface area contributed by atoms with Gasteiger partial charge in [-0.1, -0.05) is 78.4 Å². The fraction of sp³-hybridized carbons (Fsp3) is 0.688. The lowest BCUT2D eigenvalue weighted by Gasteiger charge is -2.37. The van der Waals surface area contributed by atoms with E-state index in [4.69, 9.17) is 0 Å². The van der Waals surface area contributed by atoms with Crippen molar-refractivity contribution >= 4 is 0 Å². The van der Waals surface area contributed by atoms with Crippen LogP contribution in [0.4, 0.5) is 0 Å². The highest BCUT2D eigenvalue weighted by Gasteiger charge is 2.33. The van der Waals surface area contributed by atoms with Gasteiger partial charge in [0.25, 0.3) is 0 Å². The van der Waals surface area contributed by atoms with Crippen molar-refractivity contribution in [2.24, 2.45) is 10.8 Å². The molecular weight excluding hydrogens is 472 g/mol. The predicted molar refractivity (Wildman–Crippen MR) is 157 cm³/mol. The van der Waals surface area contributed by atoms with Gasteiger partial charge in [0.1, 0.15) is 0 Å². The maximum absolute atomic E-state index is 11.8. The third-order valence-electron chi connectivity index (χ3n) is 8.53. The van der Waals surface area contributed by atoms with Crippen LogP contribution >= 0.6 is 0 Å². The third kappa shape index (κ3) is 8.16. The summed E-state index contributed by atoms with van der Waals surface area (Å²) < 4.78 is 0. The number of rotatable bonds is 13. The summed E-state index contributed by atoms with van der Waals surface area (Å²) in [5.74, 6) is 0. The van der Waals surface area contributed by atoms with Crippen molar-refractivity contribution in [3.63, 3.8) is 0 Å². The quantitative estimate of drug-likeness (QED) is 0.240. The van der Waals surface area contributed by atoms with Crippen molar-refractivity contribution in [1.82, 2.24) is 20.6 Å². The summed E-state index contributed by atoms with van der Waals surface area (Å²) in [6, 6.07) is 8.06. The lowest BCUT2D eigenvalue weighted by Crippen LogP contribution is -2.35. The van der Waals surface area contributed by atoms with E-state index < -0.39 is 0 Å². The summed E-state index contributed by atoms with van der Waals surface area (Å²) in [5.41, 5.74) is 5.23. The van der Waals surface area contributed by atoms with E-state index in [1.807, 2.05) is 12.1 Å². The normalized spacial score (nSPS) is 21.6. The van der Waals surface area contributed by atoms with E-state index in [1.165, 1.54) is 62.5 Å². The number of aromatic nitrogens is 2. The Balaban J connectivity index is 1.05. The highest BCUT2D eigenvalue weighted by molar-refractivity contribution is 5.29. The Kier molecular flexibility index (Phi) is 9.69. The van der Waals surface area contributed by atoms with Gasteiger partial charge in [0, 0.05) is 35.6 Å². The number of H-pyrrole nitrogens is 2. The summed E-state index contributed by atoms with van der Waals surface area (Å²) in [4.78, 5) is 29.7. The van der Waals surface area contributed by atoms with Crippen molar-refractivity contribution < 1.29 is 0 Å². The SMILES string of the molecule is CC1(C)Cc2[nH]c(=O)ccc2[C@H](NCCCCCCCCCCN[C@@H]2CC(C)(C)Cc3[nH]c(=O)ccc32)C1. The largest absolute Gasteiger partial charge is 0.326 e. The van der Waals surface area contributed by atoms with Crippen LogP contribution in [-0.2, 0) is 12.8 Å². The molecule has 4 N–H and O–H groups in total. The molecule has 0 saturated carbocycles. The molecule has 2 heterocycles. The number of hydrogen-bond acceptors (Lipinski definition) is 4. The molecule has 6 nitrogen and oxygen atoms in total. The monoisotopic (exact) mass is 522 g/mol. The molecule has 0 fully saturated rings. The van der Waals surface area contributed by atoms with E-state index in [9.17, 15) is 9.59 Å². The molecule has 0 bridgehead atoms. The molecule has 6 heteroatoms. The molecule has 0 saturated heterocycles. The third-order valence-corrected chi connectivity index (χ3v) is 8.53. The molecule has 2 aliphatic rings. The minimum absolute atomic E-state index is 0.00846. The van der Waals surface area contributed by atoms with Crippen molar-refractivity contribution in [1.29, 1.82) is 0 Å². The topological polar surface area (TPSA) is 89.8 Å². The van der Waals surface area contributed by atoms with E-state index in [0.717, 1.165) is 50.2 Å². The number of aromatic amines is 2. The van der Waals surface area contributed by atoms with E-state index in [-0.39, 0.29) is 21.9 Å². The first kappa shape index (κ1) is 28.8. The predicted octanol–water partition coefficient (Wildman–Crippen LogP) is 6.09. The molecule has 0 spiro atoms. The van der Waals surface area contributed by atoms with Crippen LogP contribution in [0.3, 0.4) is 0 Å². The number of nitrogens with one attached hydrogen (secondary N) is 4. The average Bonchev–Trinajstić information content (AvgIpc) is 2.82. The first-order valence-corrected chi connectivity index (χ1v) is 15.0. The zero-order chi connectivity index (χ0) is 27.2. The maximum atomic E-state index is 11.8. The molecule has 4 rings (SSSR count). The van der Waals surface area contributed by atoms with Crippen LogP contribution in [0.1, 0.15) is 127 Å². The minimum Gasteiger partial charge on any atom is -0.326 e. The Hall–Kier alpha value is -2.18. The van der Waals surface area contributed by atoms with Crippen molar-refractivity contribution in [2.45, 2.75) is 117 Å². The smallest absolute Gasteiger partial charge is 0.248 e. The first-order valence-electron chi connectivity index (χ1n) is 15.0. The number of hydrogen-bond donors (Lipinski definition) is 4. The standard InChI is InChI=1S/C32H50N4O2/c1-31(2)19-25(23-13-15-29(37)35-27(23)21-31)33-17-11-9-7-5-6-8-10-12-18-34-26-20-32(3,4)22-28-24(26)14-16-30(38)36-28/h13-16,25-26,33-34H,5-12,17-22H2,1-4H3,(H,35,37)(H,36,38)/t25-,26-/m1/s1. The van der Waals surface area contributed by atoms with Gasteiger partial charge < -0.3 is 20.6 Å². The van der Waals surface area contributed by atoms with Gasteiger partial charge in [0.2, 0.25) is 11.1 Å². The van der Waals surface area contributed by atoms with Crippen LogP contribution in [0.5, 0.6) is 0 Å². The van der Waals surface area contributed by atoms with Gasteiger partial charge in [-0.2, -0.15) is 0 Å². The van der Waals surface area contributed by atoms with Crippen molar-refractivity contribution in [2.75, 3.05) is 13.1 Å². The molecule has 210 valence electrons. The van der Waals surface area contributed by atoms with Gasteiger partial charge >= 0.3 is 0 Å². The van der Waals surface area contributed by atoms with Crippen molar-refractivity contribution in [3.8, 4) is 0 Å². The Labute approximate surface area is 228 Å². The molecule has 38 heavy (non-hydrogen) atoms. The van der Waals surface area contributed by atoms with Crippen LogP contribution in [-0.4, -0.2) is 23.1 Å². The molecule has 0 amide bonds. The van der Waals surface area contributed by atoms with Gasteiger partial charge in [-0.15, -0.1) is 0 Å². The van der Waals surface area contributed by atoms with Gasteiger partial charge in [-0.3, -0.25) is 9.59 Å². The second kappa shape index (κ2) is 12.8. The van der Waals surface area contributed by atoms with Gasteiger partial charge in [-0.25, -0.2) is 0 Å². The molecule has 2 atom stereocenters. The number of unbranched alkanes of at least 4 members (excludes halogenated alkanes) is 7. The fourth-order valence-corrected chi connectivity index (χ4v) is 6.66. The summed E-state index contributed by atoms with van der Waals surface area (Å²) >= 11 is 0. The fourth-order valence-electron chi connectivity index (χ4n) is 6.66. The van der Waals surface area contributed by atoms with Gasteiger partial charge in [0.05, 0.1) is 0 Å². The molecule has 0 unspecified atom stereocenters. The average molecular weight is 523 g/mol. The van der Waals surface area contributed by atoms with Crippen molar-refractivity contribution in [3.05, 3.63) is 67.5 Å². The number of fused-ring (bicyclic) bond motifs is 2. The molecule has 2 aromatic rings. The van der Waals surface area contributed by atoms with E-state index in [0.29, 0.717) is 12.1 Å². The lowest BCUT2D eigenvalue weighted by atomic mass is 9.74. The molecule has 0 aromatic carbocycles. The van der Waals surface area contributed by atoms with Crippen LogP contribution in [0.2, 0.25) is 0 Å². The Bertz CT molecular complexity index is 1070. The Morgan fingerprint density at radius 2 is 1.00 bits per heavy atom. The lowest BCUT2D eigenvalue weighted by molar-refractivity contribution is 0.252. The second-order valence-corrected chi connectivity index (χ2v) is 13.4. The molecular formula is C32H50N4O2. The molecule has 2 aliphatic carbocycles. The zero-order valence-electron chi connectivity index (χ0n) is 24.2. The first-order chi connectivity index (χ1) is 18.1. The molecule has 0 radical (unpaired) electrons. The maximum Gasteiger partial charge on any atom is 0.248 e. The van der Waals surface area contributed by atoms with Crippen LogP contribution < -0.4 is 21.8 Å². The highest BCUT2D eigenvalue weighted by Crippen LogP contribution is 2.40. The second-order valence-electron chi connectivity index (χ2n) is 13.4. The number of pyridine rings is 2. The Morgan fingerprint density at radius 3 is 1.39 bits per heavy atom. The van der Waals surface area contributed by atoms with E-state index in [2.05, 4.69) is 48.3 Å². The van der Waals surface area contributed by atoms with Crippen LogP contribution in [0, 0.1) is 10.8 Å². The summed E-state index contributed by atoms with van der Waals surface area (Å²) in [7, 11) is 0. The summed E-state index contributed by atoms with van der Waals surface area (Å²) in [6.07, 6.45) is 14.4. The summed E-state index contributed by atoms with van der Waals surface area (Å²) in [6.45, 7) is 11.3. The van der Waals surface area contributed by atoms with Gasteiger partial charge in [-0.05, 0) is 73.6 Å². The molecule has 2 aromatic heterocycles. The minimum atomic E-state index is 0.00846.